The van der Waals surface area contributed by atoms with Crippen LogP contribution in [0.15, 0.2) is 24.4 Å². The van der Waals surface area contributed by atoms with E-state index < -0.39 is 5.92 Å². The predicted molar refractivity (Wildman–Crippen MR) is 143 cm³/mol. The summed E-state index contributed by atoms with van der Waals surface area (Å²) < 4.78 is 34.6. The Kier molecular flexibility index (Phi) is 6.32. The molecule has 1 spiro atoms. The van der Waals surface area contributed by atoms with Crippen LogP contribution in [0, 0.1) is 11.3 Å². The van der Waals surface area contributed by atoms with E-state index >= 15 is 0 Å². The molecule has 12 heteroatoms. The van der Waals surface area contributed by atoms with Crippen molar-refractivity contribution in [2.75, 3.05) is 57.9 Å². The number of hydrogen-bond acceptors (Lipinski definition) is 8. The molecule has 1 aliphatic carbocycles. The average Bonchev–Trinajstić information content (AvgIpc) is 3.26. The molecule has 3 N–H and O–H groups in total. The minimum atomic E-state index is -2.56. The standard InChI is InChI=1S/C27H34F2N8O2/c1-35-13-26(14-35)15-36(16-26)24(38)18-3-4-19(21(9-18)39-2)12-37-22-20(11-32-37)33-25(30)34-23(22)31-10-17-5-7-27(28,29)8-6-17/h3-4,9,11,17H,5-8,10,12-16H2,1-2H3,(H3,30,31,33,34). The number of amides is 1. The van der Waals surface area contributed by atoms with Crippen LogP contribution in [0.5, 0.6) is 5.75 Å². The smallest absolute Gasteiger partial charge is 0.254 e. The van der Waals surface area contributed by atoms with Crippen LogP contribution in [0.25, 0.3) is 11.0 Å². The van der Waals surface area contributed by atoms with Gasteiger partial charge in [-0.25, -0.2) is 13.8 Å². The summed E-state index contributed by atoms with van der Waals surface area (Å²) in [6, 6.07) is 5.50. The molecule has 3 fully saturated rings. The Morgan fingerprint density at radius 3 is 2.62 bits per heavy atom. The van der Waals surface area contributed by atoms with Crippen LogP contribution in [-0.2, 0) is 6.54 Å². The van der Waals surface area contributed by atoms with Gasteiger partial charge in [0.1, 0.15) is 16.8 Å². The maximum Gasteiger partial charge on any atom is 0.254 e. The van der Waals surface area contributed by atoms with E-state index in [1.54, 1.807) is 24.1 Å². The molecule has 3 aliphatic rings. The second-order valence-electron chi connectivity index (χ2n) is 11.5. The fourth-order valence-corrected chi connectivity index (χ4v) is 6.36. The molecule has 39 heavy (non-hydrogen) atoms. The molecule has 2 aliphatic heterocycles. The highest BCUT2D eigenvalue weighted by atomic mass is 19.3. The number of aromatic nitrogens is 4. The zero-order valence-electron chi connectivity index (χ0n) is 22.3. The minimum Gasteiger partial charge on any atom is -0.496 e. The maximum absolute atomic E-state index is 13.6. The van der Waals surface area contributed by atoms with Gasteiger partial charge in [0.05, 0.1) is 19.9 Å². The van der Waals surface area contributed by atoms with Gasteiger partial charge in [-0.05, 0) is 37.9 Å². The number of carbonyl (C=O) groups is 1. The summed E-state index contributed by atoms with van der Waals surface area (Å²) in [7, 11) is 3.68. The van der Waals surface area contributed by atoms with Crippen LogP contribution in [0.4, 0.5) is 20.5 Å². The SMILES string of the molecule is COc1cc(C(=O)N2CC3(CN(C)C3)C2)ccc1Cn1ncc2nc(N)nc(NCC3CCC(F)(F)CC3)c21. The molecule has 6 rings (SSSR count). The van der Waals surface area contributed by atoms with Crippen LogP contribution < -0.4 is 15.8 Å². The lowest BCUT2D eigenvalue weighted by Crippen LogP contribution is -2.72. The van der Waals surface area contributed by atoms with Crippen molar-refractivity contribution in [3.05, 3.63) is 35.5 Å². The molecule has 1 saturated carbocycles. The van der Waals surface area contributed by atoms with Gasteiger partial charge in [-0.3, -0.25) is 9.48 Å². The Morgan fingerprint density at radius 2 is 1.92 bits per heavy atom. The molecule has 0 radical (unpaired) electrons. The first kappa shape index (κ1) is 25.7. The minimum absolute atomic E-state index is 0.0143. The van der Waals surface area contributed by atoms with Crippen molar-refractivity contribution in [2.24, 2.45) is 11.3 Å². The quantitative estimate of drug-likeness (QED) is 0.470. The molecule has 2 aromatic heterocycles. The van der Waals surface area contributed by atoms with E-state index in [4.69, 9.17) is 10.5 Å². The normalized spacial score (nSPS) is 20.6. The topological polar surface area (TPSA) is 114 Å². The van der Waals surface area contributed by atoms with E-state index in [1.165, 1.54) is 0 Å². The second kappa shape index (κ2) is 9.58. The van der Waals surface area contributed by atoms with Gasteiger partial charge >= 0.3 is 0 Å². The van der Waals surface area contributed by atoms with Gasteiger partial charge in [0.15, 0.2) is 5.82 Å². The number of fused-ring (bicyclic) bond motifs is 1. The first-order valence-corrected chi connectivity index (χ1v) is 13.4. The Balaban J connectivity index is 1.18. The summed E-state index contributed by atoms with van der Waals surface area (Å²) in [5.41, 5.74) is 8.91. The van der Waals surface area contributed by atoms with Crippen LogP contribution in [0.3, 0.4) is 0 Å². The molecule has 3 aromatic rings. The van der Waals surface area contributed by atoms with Gasteiger partial charge in [0, 0.05) is 62.1 Å². The van der Waals surface area contributed by atoms with E-state index in [0.717, 1.165) is 31.7 Å². The van der Waals surface area contributed by atoms with Gasteiger partial charge < -0.3 is 25.6 Å². The summed E-state index contributed by atoms with van der Waals surface area (Å²) in [6.45, 7) is 4.54. The second-order valence-corrected chi connectivity index (χ2v) is 11.5. The van der Waals surface area contributed by atoms with Crippen molar-refractivity contribution in [3.63, 3.8) is 0 Å². The zero-order chi connectivity index (χ0) is 27.4. The molecule has 1 amide bonds. The Bertz CT molecular complexity index is 1390. The highest BCUT2D eigenvalue weighted by Crippen LogP contribution is 2.40. The third kappa shape index (κ3) is 4.97. The van der Waals surface area contributed by atoms with Crippen LogP contribution in [0.2, 0.25) is 0 Å². The van der Waals surface area contributed by atoms with E-state index in [0.29, 0.717) is 54.1 Å². The lowest BCUT2D eigenvalue weighted by Gasteiger charge is -2.59. The van der Waals surface area contributed by atoms with Crippen molar-refractivity contribution in [2.45, 2.75) is 38.2 Å². The van der Waals surface area contributed by atoms with Crippen molar-refractivity contribution in [3.8, 4) is 5.75 Å². The first-order chi connectivity index (χ1) is 18.6. The third-order valence-corrected chi connectivity index (χ3v) is 8.31. The highest BCUT2D eigenvalue weighted by molar-refractivity contribution is 5.95. The number of hydrogen-bond donors (Lipinski definition) is 2. The fraction of sp³-hybridized carbons (Fsp3) is 0.556. The number of nitrogen functional groups attached to an aromatic ring is 1. The third-order valence-electron chi connectivity index (χ3n) is 8.31. The average molecular weight is 541 g/mol. The van der Waals surface area contributed by atoms with E-state index in [1.807, 2.05) is 17.0 Å². The highest BCUT2D eigenvalue weighted by Gasteiger charge is 2.51. The Hall–Kier alpha value is -3.54. The van der Waals surface area contributed by atoms with Gasteiger partial charge in [0.25, 0.3) is 5.91 Å². The lowest BCUT2D eigenvalue weighted by atomic mass is 9.73. The van der Waals surface area contributed by atoms with Crippen molar-refractivity contribution in [1.29, 1.82) is 0 Å². The number of benzene rings is 1. The molecule has 10 nitrogen and oxygen atoms in total. The lowest BCUT2D eigenvalue weighted by molar-refractivity contribution is -0.0872. The number of nitrogens with two attached hydrogens (primary N) is 1. The number of anilines is 2. The molecular weight excluding hydrogens is 506 g/mol. The number of likely N-dealkylation sites (tertiary alicyclic amines) is 2. The Labute approximate surface area is 225 Å². The molecule has 0 unspecified atom stereocenters. The Morgan fingerprint density at radius 1 is 1.18 bits per heavy atom. The summed E-state index contributed by atoms with van der Waals surface area (Å²) in [5.74, 6) is -1.19. The number of halogens is 2. The summed E-state index contributed by atoms with van der Waals surface area (Å²) >= 11 is 0. The van der Waals surface area contributed by atoms with Crippen LogP contribution in [0.1, 0.15) is 41.6 Å². The molecule has 0 atom stereocenters. The summed E-state index contributed by atoms with van der Waals surface area (Å²) in [6.07, 6.45) is 2.36. The fourth-order valence-electron chi connectivity index (χ4n) is 6.36. The van der Waals surface area contributed by atoms with Gasteiger partial charge in [-0.15, -0.1) is 0 Å². The number of methoxy groups -OCH3 is 1. The van der Waals surface area contributed by atoms with Gasteiger partial charge in [-0.2, -0.15) is 10.1 Å². The first-order valence-electron chi connectivity index (χ1n) is 13.4. The molecule has 208 valence electrons. The molecule has 1 aromatic carbocycles. The van der Waals surface area contributed by atoms with E-state index in [9.17, 15) is 13.6 Å². The van der Waals surface area contributed by atoms with Gasteiger partial charge in [0.2, 0.25) is 11.9 Å². The molecular formula is C27H34F2N8O2. The van der Waals surface area contributed by atoms with E-state index in [-0.39, 0.29) is 36.0 Å². The van der Waals surface area contributed by atoms with Crippen LogP contribution in [-0.4, -0.2) is 88.3 Å². The van der Waals surface area contributed by atoms with Crippen molar-refractivity contribution in [1.82, 2.24) is 29.5 Å². The molecule has 0 bridgehead atoms. The molecule has 4 heterocycles. The number of ether oxygens (including phenoxy) is 1. The summed E-state index contributed by atoms with van der Waals surface area (Å²) in [4.78, 5) is 26.0. The predicted octanol–water partition coefficient (Wildman–Crippen LogP) is 3.09. The number of alkyl halides is 2. The zero-order valence-corrected chi connectivity index (χ0v) is 22.3. The van der Waals surface area contributed by atoms with Gasteiger partial charge in [-0.1, -0.05) is 6.07 Å². The molecule has 2 saturated heterocycles. The number of nitrogens with zero attached hydrogens (tertiary/aromatic N) is 6. The van der Waals surface area contributed by atoms with E-state index in [2.05, 4.69) is 32.3 Å². The largest absolute Gasteiger partial charge is 0.496 e. The van der Waals surface area contributed by atoms with Crippen molar-refractivity contribution >= 4 is 28.7 Å². The monoisotopic (exact) mass is 540 g/mol. The number of nitrogens with one attached hydrogen (secondary N) is 1. The maximum atomic E-state index is 13.6. The number of rotatable bonds is 7. The van der Waals surface area contributed by atoms with Crippen molar-refractivity contribution < 1.29 is 18.3 Å². The van der Waals surface area contributed by atoms with Crippen LogP contribution >= 0.6 is 0 Å². The summed E-state index contributed by atoms with van der Waals surface area (Å²) in [5, 5.41) is 7.83. The number of carbonyl (C=O) groups excluding carboxylic acids is 1.